The molecule has 0 aliphatic carbocycles. The first-order valence-electron chi connectivity index (χ1n) is 4.60. The summed E-state index contributed by atoms with van der Waals surface area (Å²) in [6.45, 7) is 7.99. The zero-order valence-electron chi connectivity index (χ0n) is 8.55. The fourth-order valence-electron chi connectivity index (χ4n) is 1.37. The van der Waals surface area contributed by atoms with E-state index in [9.17, 15) is 0 Å². The molecule has 13 heavy (non-hydrogen) atoms. The normalized spacial score (nSPS) is 12.8. The number of aryl methyl sites for hydroxylation is 1. The number of rotatable bonds is 4. The van der Waals surface area contributed by atoms with E-state index < -0.39 is 0 Å². The first kappa shape index (κ1) is 10.1. The van der Waals surface area contributed by atoms with E-state index in [1.165, 1.54) is 0 Å². The molecular weight excluding hydrogens is 162 g/mol. The standard InChI is InChI=1S/C11H17NO/c1-5-9-6-7-10(13-9)11(12-4)8(2)3/h6-7,11-12H,2,5H2,1,3-4H3. The maximum Gasteiger partial charge on any atom is 0.125 e. The van der Waals surface area contributed by atoms with Gasteiger partial charge in [0.15, 0.2) is 0 Å². The molecule has 2 nitrogen and oxygen atoms in total. The number of hydrogen-bond acceptors (Lipinski definition) is 2. The Balaban J connectivity index is 2.85. The van der Waals surface area contributed by atoms with Crippen molar-refractivity contribution in [3.05, 3.63) is 35.8 Å². The van der Waals surface area contributed by atoms with E-state index in [-0.39, 0.29) is 6.04 Å². The minimum absolute atomic E-state index is 0.139. The smallest absolute Gasteiger partial charge is 0.125 e. The largest absolute Gasteiger partial charge is 0.464 e. The third-order valence-corrected chi connectivity index (χ3v) is 2.10. The minimum atomic E-state index is 0.139. The molecule has 0 aliphatic rings. The molecule has 0 saturated carbocycles. The highest BCUT2D eigenvalue weighted by molar-refractivity contribution is 5.18. The Labute approximate surface area is 79.6 Å². The van der Waals surface area contributed by atoms with Crippen molar-refractivity contribution in [2.75, 3.05) is 7.05 Å². The second-order valence-electron chi connectivity index (χ2n) is 3.23. The molecule has 0 fully saturated rings. The average molecular weight is 179 g/mol. The highest BCUT2D eigenvalue weighted by atomic mass is 16.3. The predicted octanol–water partition coefficient (Wildman–Crippen LogP) is 2.68. The second-order valence-corrected chi connectivity index (χ2v) is 3.23. The predicted molar refractivity (Wildman–Crippen MR) is 54.7 cm³/mol. The third-order valence-electron chi connectivity index (χ3n) is 2.10. The van der Waals surface area contributed by atoms with Crippen LogP contribution in [0.25, 0.3) is 0 Å². The van der Waals surface area contributed by atoms with Crippen molar-refractivity contribution in [3.8, 4) is 0 Å². The van der Waals surface area contributed by atoms with Crippen LogP contribution in [-0.2, 0) is 6.42 Å². The van der Waals surface area contributed by atoms with Gasteiger partial charge in [-0.25, -0.2) is 0 Å². The van der Waals surface area contributed by atoms with Crippen molar-refractivity contribution < 1.29 is 4.42 Å². The van der Waals surface area contributed by atoms with Gasteiger partial charge in [-0.3, -0.25) is 0 Å². The van der Waals surface area contributed by atoms with E-state index >= 15 is 0 Å². The van der Waals surface area contributed by atoms with Gasteiger partial charge in [0, 0.05) is 6.42 Å². The molecule has 1 unspecified atom stereocenters. The molecule has 2 heteroatoms. The average Bonchev–Trinajstić information content (AvgIpc) is 2.53. The van der Waals surface area contributed by atoms with Crippen LogP contribution in [0, 0.1) is 0 Å². The second kappa shape index (κ2) is 4.28. The van der Waals surface area contributed by atoms with Gasteiger partial charge >= 0.3 is 0 Å². The molecule has 0 bridgehead atoms. The Bertz CT molecular complexity index is 288. The summed E-state index contributed by atoms with van der Waals surface area (Å²) < 4.78 is 5.62. The summed E-state index contributed by atoms with van der Waals surface area (Å²) in [5.41, 5.74) is 1.07. The van der Waals surface area contributed by atoms with Crippen molar-refractivity contribution in [3.63, 3.8) is 0 Å². The van der Waals surface area contributed by atoms with Crippen LogP contribution in [0.1, 0.15) is 31.4 Å². The van der Waals surface area contributed by atoms with Crippen LogP contribution in [-0.4, -0.2) is 7.05 Å². The molecular formula is C11H17NO. The number of likely N-dealkylation sites (N-methyl/N-ethyl adjacent to an activating group) is 1. The molecule has 0 spiro atoms. The first-order chi connectivity index (χ1) is 6.19. The lowest BCUT2D eigenvalue weighted by Gasteiger charge is -2.12. The van der Waals surface area contributed by atoms with E-state index in [1.807, 2.05) is 26.1 Å². The highest BCUT2D eigenvalue weighted by Gasteiger charge is 2.13. The SMILES string of the molecule is C=C(C)C(NC)c1ccc(CC)o1. The van der Waals surface area contributed by atoms with Crippen LogP contribution in [0.3, 0.4) is 0 Å². The Morgan fingerprint density at radius 1 is 1.62 bits per heavy atom. The van der Waals surface area contributed by atoms with E-state index in [1.54, 1.807) is 0 Å². The lowest BCUT2D eigenvalue weighted by Crippen LogP contribution is -2.16. The van der Waals surface area contributed by atoms with E-state index in [4.69, 9.17) is 4.42 Å². The van der Waals surface area contributed by atoms with Gasteiger partial charge in [-0.1, -0.05) is 19.1 Å². The fourth-order valence-corrected chi connectivity index (χ4v) is 1.37. The molecule has 1 rings (SSSR count). The van der Waals surface area contributed by atoms with E-state index in [0.29, 0.717) is 0 Å². The Morgan fingerprint density at radius 3 is 2.69 bits per heavy atom. The van der Waals surface area contributed by atoms with Crippen LogP contribution < -0.4 is 5.32 Å². The van der Waals surface area contributed by atoms with Gasteiger partial charge in [-0.2, -0.15) is 0 Å². The molecule has 0 aromatic carbocycles. The zero-order chi connectivity index (χ0) is 9.84. The Morgan fingerprint density at radius 2 is 2.31 bits per heavy atom. The van der Waals surface area contributed by atoms with Gasteiger partial charge in [0.25, 0.3) is 0 Å². The first-order valence-corrected chi connectivity index (χ1v) is 4.60. The van der Waals surface area contributed by atoms with Crippen LogP contribution in [0.4, 0.5) is 0 Å². The highest BCUT2D eigenvalue weighted by Crippen LogP contribution is 2.21. The molecule has 0 radical (unpaired) electrons. The maximum absolute atomic E-state index is 5.62. The molecule has 0 aliphatic heterocycles. The minimum Gasteiger partial charge on any atom is -0.464 e. The lowest BCUT2D eigenvalue weighted by molar-refractivity contribution is 0.431. The number of nitrogens with one attached hydrogen (secondary N) is 1. The quantitative estimate of drug-likeness (QED) is 0.719. The molecule has 0 saturated heterocycles. The zero-order valence-corrected chi connectivity index (χ0v) is 8.55. The number of hydrogen-bond donors (Lipinski definition) is 1. The molecule has 72 valence electrons. The van der Waals surface area contributed by atoms with Gasteiger partial charge in [-0.15, -0.1) is 0 Å². The van der Waals surface area contributed by atoms with Gasteiger partial charge < -0.3 is 9.73 Å². The summed E-state index contributed by atoms with van der Waals surface area (Å²) in [6, 6.07) is 4.16. The lowest BCUT2D eigenvalue weighted by atomic mass is 10.1. The molecule has 0 amide bonds. The van der Waals surface area contributed by atoms with Gasteiger partial charge in [0.05, 0.1) is 6.04 Å². The van der Waals surface area contributed by atoms with E-state index in [2.05, 4.69) is 18.8 Å². The third kappa shape index (κ3) is 2.22. The van der Waals surface area contributed by atoms with E-state index in [0.717, 1.165) is 23.5 Å². The van der Waals surface area contributed by atoms with Crippen LogP contribution in [0.2, 0.25) is 0 Å². The summed E-state index contributed by atoms with van der Waals surface area (Å²) in [7, 11) is 1.91. The summed E-state index contributed by atoms with van der Waals surface area (Å²) in [5.74, 6) is 1.98. The van der Waals surface area contributed by atoms with Crippen LogP contribution in [0.5, 0.6) is 0 Å². The van der Waals surface area contributed by atoms with Crippen LogP contribution >= 0.6 is 0 Å². The van der Waals surface area contributed by atoms with Crippen molar-refractivity contribution in [1.29, 1.82) is 0 Å². The van der Waals surface area contributed by atoms with Crippen molar-refractivity contribution in [2.45, 2.75) is 26.3 Å². The van der Waals surface area contributed by atoms with Gasteiger partial charge in [0.1, 0.15) is 11.5 Å². The fraction of sp³-hybridized carbons (Fsp3) is 0.455. The van der Waals surface area contributed by atoms with Gasteiger partial charge in [-0.05, 0) is 26.1 Å². The van der Waals surface area contributed by atoms with Crippen LogP contribution in [0.15, 0.2) is 28.7 Å². The molecule has 1 atom stereocenters. The summed E-state index contributed by atoms with van der Waals surface area (Å²) >= 11 is 0. The van der Waals surface area contributed by atoms with Gasteiger partial charge in [0.2, 0.25) is 0 Å². The summed E-state index contributed by atoms with van der Waals surface area (Å²) in [4.78, 5) is 0. The molecule has 1 aromatic heterocycles. The molecule has 1 N–H and O–H groups in total. The summed E-state index contributed by atoms with van der Waals surface area (Å²) in [6.07, 6.45) is 0.937. The molecule has 1 heterocycles. The molecule has 1 aromatic rings. The Kier molecular flexibility index (Phi) is 3.32. The topological polar surface area (TPSA) is 25.2 Å². The van der Waals surface area contributed by atoms with Crippen molar-refractivity contribution >= 4 is 0 Å². The monoisotopic (exact) mass is 179 g/mol. The Hall–Kier alpha value is -1.02. The summed E-state index contributed by atoms with van der Waals surface area (Å²) in [5, 5.41) is 3.16. The van der Waals surface area contributed by atoms with Crippen molar-refractivity contribution in [2.24, 2.45) is 0 Å². The maximum atomic E-state index is 5.62. The van der Waals surface area contributed by atoms with Crippen molar-refractivity contribution in [1.82, 2.24) is 5.32 Å². The number of furan rings is 1.